The van der Waals surface area contributed by atoms with Crippen molar-refractivity contribution in [3.8, 4) is 0 Å². The van der Waals surface area contributed by atoms with E-state index in [0.717, 1.165) is 36.5 Å². The zero-order valence-electron chi connectivity index (χ0n) is 10.7. The molecule has 2 N–H and O–H groups in total. The fourth-order valence-electron chi connectivity index (χ4n) is 2.31. The molecule has 0 aromatic carbocycles. The average Bonchev–Trinajstić information content (AvgIpc) is 2.29. The molecule has 0 aromatic rings. The Kier molecular flexibility index (Phi) is 6.78. The lowest BCUT2D eigenvalue weighted by Crippen LogP contribution is -2.36. The van der Waals surface area contributed by atoms with E-state index in [-0.39, 0.29) is 0 Å². The van der Waals surface area contributed by atoms with Gasteiger partial charge in [0, 0.05) is 13.1 Å². The number of rotatable bonds is 5. The molecule has 0 unspecified atom stereocenters. The Balaban J connectivity index is 2.00. The molecule has 0 aliphatic heterocycles. The van der Waals surface area contributed by atoms with Crippen LogP contribution in [0.2, 0.25) is 0 Å². The number of thiocarbonyl (C=S) groups is 1. The van der Waals surface area contributed by atoms with Gasteiger partial charge in [0.25, 0.3) is 0 Å². The first-order valence-electron chi connectivity index (χ1n) is 6.74. The third-order valence-electron chi connectivity index (χ3n) is 3.51. The van der Waals surface area contributed by atoms with Crippen molar-refractivity contribution in [2.24, 2.45) is 11.8 Å². The largest absolute Gasteiger partial charge is 0.363 e. The molecule has 1 fully saturated rings. The van der Waals surface area contributed by atoms with Crippen molar-refractivity contribution < 1.29 is 0 Å². The van der Waals surface area contributed by atoms with Gasteiger partial charge in [-0.3, -0.25) is 0 Å². The molecule has 0 amide bonds. The summed E-state index contributed by atoms with van der Waals surface area (Å²) >= 11 is 5.18. The number of hydrogen-bond donors (Lipinski definition) is 2. The Morgan fingerprint density at radius 1 is 1.12 bits per heavy atom. The molecule has 94 valence electrons. The highest BCUT2D eigenvalue weighted by atomic mass is 32.1. The molecule has 0 aromatic heterocycles. The molecule has 0 heterocycles. The van der Waals surface area contributed by atoms with Gasteiger partial charge in [-0.05, 0) is 36.9 Å². The Hall–Kier alpha value is -0.310. The standard InChI is InChI=1S/C13H26N2S/c1-3-9-14-13(16)15-10-8-12-6-4-11(2)5-7-12/h11-12H,3-10H2,1-2H3,(H2,14,15,16). The summed E-state index contributed by atoms with van der Waals surface area (Å²) in [7, 11) is 0. The lowest BCUT2D eigenvalue weighted by atomic mass is 9.81. The van der Waals surface area contributed by atoms with E-state index in [1.165, 1.54) is 32.1 Å². The molecule has 1 aliphatic rings. The van der Waals surface area contributed by atoms with Crippen LogP contribution in [0, 0.1) is 11.8 Å². The van der Waals surface area contributed by atoms with Gasteiger partial charge in [0.15, 0.2) is 5.11 Å². The minimum absolute atomic E-state index is 0.825. The van der Waals surface area contributed by atoms with Gasteiger partial charge in [-0.15, -0.1) is 0 Å². The Morgan fingerprint density at radius 3 is 2.38 bits per heavy atom. The minimum atomic E-state index is 0.825. The van der Waals surface area contributed by atoms with E-state index >= 15 is 0 Å². The molecule has 1 saturated carbocycles. The Labute approximate surface area is 106 Å². The van der Waals surface area contributed by atoms with Gasteiger partial charge in [0.05, 0.1) is 0 Å². The summed E-state index contributed by atoms with van der Waals surface area (Å²) in [6, 6.07) is 0. The maximum absolute atomic E-state index is 5.18. The van der Waals surface area contributed by atoms with Crippen molar-refractivity contribution >= 4 is 17.3 Å². The van der Waals surface area contributed by atoms with Crippen LogP contribution in [0.25, 0.3) is 0 Å². The van der Waals surface area contributed by atoms with Crippen LogP contribution in [-0.4, -0.2) is 18.2 Å². The van der Waals surface area contributed by atoms with Crippen molar-refractivity contribution in [3.05, 3.63) is 0 Å². The summed E-state index contributed by atoms with van der Waals surface area (Å²) in [6.45, 7) is 6.54. The predicted octanol–water partition coefficient (Wildman–Crippen LogP) is 3.08. The molecule has 16 heavy (non-hydrogen) atoms. The smallest absolute Gasteiger partial charge is 0.166 e. The van der Waals surface area contributed by atoms with Crippen molar-refractivity contribution in [2.45, 2.75) is 52.4 Å². The van der Waals surface area contributed by atoms with Crippen LogP contribution < -0.4 is 10.6 Å². The summed E-state index contributed by atoms with van der Waals surface area (Å²) in [4.78, 5) is 0. The van der Waals surface area contributed by atoms with Gasteiger partial charge in [-0.25, -0.2) is 0 Å². The van der Waals surface area contributed by atoms with Crippen molar-refractivity contribution in [2.75, 3.05) is 13.1 Å². The van der Waals surface area contributed by atoms with Crippen LogP contribution in [0.3, 0.4) is 0 Å². The molecule has 2 nitrogen and oxygen atoms in total. The van der Waals surface area contributed by atoms with Gasteiger partial charge in [-0.1, -0.05) is 39.5 Å². The van der Waals surface area contributed by atoms with Crippen molar-refractivity contribution in [3.63, 3.8) is 0 Å². The third kappa shape index (κ3) is 5.69. The lowest BCUT2D eigenvalue weighted by Gasteiger charge is -2.26. The molecule has 0 spiro atoms. The molecule has 0 radical (unpaired) electrons. The molecule has 1 aliphatic carbocycles. The topological polar surface area (TPSA) is 24.1 Å². The second-order valence-corrected chi connectivity index (χ2v) is 5.51. The van der Waals surface area contributed by atoms with Gasteiger partial charge >= 0.3 is 0 Å². The third-order valence-corrected chi connectivity index (χ3v) is 3.80. The van der Waals surface area contributed by atoms with Gasteiger partial charge in [0.1, 0.15) is 0 Å². The lowest BCUT2D eigenvalue weighted by molar-refractivity contribution is 0.278. The SMILES string of the molecule is CCCNC(=S)NCCC1CCC(C)CC1. The second-order valence-electron chi connectivity index (χ2n) is 5.10. The van der Waals surface area contributed by atoms with E-state index in [2.05, 4.69) is 24.5 Å². The highest BCUT2D eigenvalue weighted by Crippen LogP contribution is 2.29. The van der Waals surface area contributed by atoms with Crippen LogP contribution >= 0.6 is 12.2 Å². The van der Waals surface area contributed by atoms with E-state index in [1.807, 2.05) is 0 Å². The van der Waals surface area contributed by atoms with Crippen LogP contribution in [0.5, 0.6) is 0 Å². The van der Waals surface area contributed by atoms with Crippen molar-refractivity contribution in [1.82, 2.24) is 10.6 Å². The van der Waals surface area contributed by atoms with E-state index in [1.54, 1.807) is 0 Å². The molecule has 1 rings (SSSR count). The normalized spacial score (nSPS) is 25.1. The van der Waals surface area contributed by atoms with Gasteiger partial charge < -0.3 is 10.6 Å². The average molecular weight is 242 g/mol. The number of hydrogen-bond acceptors (Lipinski definition) is 1. The van der Waals surface area contributed by atoms with Crippen LogP contribution in [0.1, 0.15) is 52.4 Å². The molecular weight excluding hydrogens is 216 g/mol. The monoisotopic (exact) mass is 242 g/mol. The second kappa shape index (κ2) is 7.88. The first-order chi connectivity index (χ1) is 7.72. The summed E-state index contributed by atoms with van der Waals surface area (Å²) < 4.78 is 0. The number of nitrogens with one attached hydrogen (secondary N) is 2. The Bertz CT molecular complexity index is 198. The first-order valence-corrected chi connectivity index (χ1v) is 7.15. The van der Waals surface area contributed by atoms with Crippen LogP contribution in [0.15, 0.2) is 0 Å². The van der Waals surface area contributed by atoms with Gasteiger partial charge in [0.2, 0.25) is 0 Å². The summed E-state index contributed by atoms with van der Waals surface area (Å²) in [5.41, 5.74) is 0. The zero-order chi connectivity index (χ0) is 11.8. The molecular formula is C13H26N2S. The van der Waals surface area contributed by atoms with Crippen LogP contribution in [-0.2, 0) is 0 Å². The molecule has 0 bridgehead atoms. The highest BCUT2D eigenvalue weighted by Gasteiger charge is 2.17. The minimum Gasteiger partial charge on any atom is -0.363 e. The molecule has 0 atom stereocenters. The summed E-state index contributed by atoms with van der Waals surface area (Å²) in [6.07, 6.45) is 8.07. The van der Waals surface area contributed by atoms with Gasteiger partial charge in [-0.2, -0.15) is 0 Å². The highest BCUT2D eigenvalue weighted by molar-refractivity contribution is 7.80. The first kappa shape index (κ1) is 13.8. The maximum atomic E-state index is 5.18. The quantitative estimate of drug-likeness (QED) is 0.725. The maximum Gasteiger partial charge on any atom is 0.166 e. The van der Waals surface area contributed by atoms with E-state index < -0.39 is 0 Å². The fraction of sp³-hybridized carbons (Fsp3) is 0.923. The zero-order valence-corrected chi connectivity index (χ0v) is 11.5. The fourth-order valence-corrected chi connectivity index (χ4v) is 2.51. The molecule has 3 heteroatoms. The van der Waals surface area contributed by atoms with Crippen LogP contribution in [0.4, 0.5) is 0 Å². The summed E-state index contributed by atoms with van der Waals surface area (Å²) in [5, 5.41) is 7.32. The van der Waals surface area contributed by atoms with Crippen molar-refractivity contribution in [1.29, 1.82) is 0 Å². The summed E-state index contributed by atoms with van der Waals surface area (Å²) in [5.74, 6) is 1.88. The Morgan fingerprint density at radius 2 is 1.75 bits per heavy atom. The van der Waals surface area contributed by atoms with E-state index in [4.69, 9.17) is 12.2 Å². The van der Waals surface area contributed by atoms with E-state index in [0.29, 0.717) is 0 Å². The predicted molar refractivity (Wildman–Crippen MR) is 74.6 cm³/mol. The molecule has 0 saturated heterocycles. The van der Waals surface area contributed by atoms with E-state index in [9.17, 15) is 0 Å².